The van der Waals surface area contributed by atoms with Crippen LogP contribution in [0.3, 0.4) is 0 Å². The van der Waals surface area contributed by atoms with E-state index in [0.29, 0.717) is 16.8 Å². The molecular weight excluding hydrogens is 312 g/mol. The van der Waals surface area contributed by atoms with E-state index in [9.17, 15) is 9.59 Å². The molecule has 2 amide bonds. The number of nitrogens with zero attached hydrogens (tertiary/aromatic N) is 2. The Morgan fingerprint density at radius 2 is 2.04 bits per heavy atom. The van der Waals surface area contributed by atoms with Gasteiger partial charge >= 0.3 is 0 Å². The Morgan fingerprint density at radius 3 is 2.70 bits per heavy atom. The molecule has 1 saturated heterocycles. The van der Waals surface area contributed by atoms with Gasteiger partial charge in [-0.1, -0.05) is 43.8 Å². The SMILES string of the molecule is CC(=NN=C1NC(=O)[C@@H](CC(=O)Nc2ccccc2)S1)C(C)C. The predicted octanol–water partition coefficient (Wildman–Crippen LogP) is 2.63. The number of rotatable bonds is 5. The third kappa shape index (κ3) is 5.21. The third-order valence-corrected chi connectivity index (χ3v) is 4.41. The molecule has 0 spiro atoms. The molecule has 1 aromatic rings. The largest absolute Gasteiger partial charge is 0.326 e. The maximum Gasteiger partial charge on any atom is 0.240 e. The van der Waals surface area contributed by atoms with Gasteiger partial charge in [0.15, 0.2) is 5.17 Å². The number of amides is 2. The smallest absolute Gasteiger partial charge is 0.240 e. The van der Waals surface area contributed by atoms with Gasteiger partial charge in [0, 0.05) is 17.8 Å². The highest BCUT2D eigenvalue weighted by atomic mass is 32.2. The molecule has 0 bridgehead atoms. The first-order chi connectivity index (χ1) is 11.0. The molecule has 122 valence electrons. The summed E-state index contributed by atoms with van der Waals surface area (Å²) in [6.07, 6.45) is 0.0945. The number of hydrogen-bond donors (Lipinski definition) is 2. The average molecular weight is 332 g/mol. The summed E-state index contributed by atoms with van der Waals surface area (Å²) in [6.45, 7) is 5.94. The standard InChI is InChI=1S/C16H20N4O2S/c1-10(2)11(3)19-20-16-18-15(22)13(23-16)9-14(21)17-12-7-5-4-6-8-12/h4-8,10,13H,9H2,1-3H3,(H,17,21)(H,18,20,22)/t13-/m1/s1. The number of carbonyl (C=O) groups excluding carboxylic acids is 2. The maximum absolute atomic E-state index is 12.0. The van der Waals surface area contributed by atoms with Crippen molar-refractivity contribution in [2.24, 2.45) is 16.1 Å². The summed E-state index contributed by atoms with van der Waals surface area (Å²) < 4.78 is 0. The van der Waals surface area contributed by atoms with Crippen LogP contribution in [0.25, 0.3) is 0 Å². The van der Waals surface area contributed by atoms with E-state index in [1.54, 1.807) is 12.1 Å². The molecule has 1 aliphatic heterocycles. The molecule has 0 unspecified atom stereocenters. The van der Waals surface area contributed by atoms with Gasteiger partial charge in [-0.15, -0.1) is 5.10 Å². The first kappa shape index (κ1) is 17.2. The average Bonchev–Trinajstić information content (AvgIpc) is 2.85. The van der Waals surface area contributed by atoms with Crippen molar-refractivity contribution >= 4 is 40.1 Å². The Labute approximate surface area is 139 Å². The zero-order valence-corrected chi connectivity index (χ0v) is 14.2. The van der Waals surface area contributed by atoms with Crippen LogP contribution in [-0.4, -0.2) is 27.9 Å². The minimum atomic E-state index is -0.480. The number of amidine groups is 1. The van der Waals surface area contributed by atoms with Crippen LogP contribution in [0.15, 0.2) is 40.5 Å². The van der Waals surface area contributed by atoms with E-state index in [-0.39, 0.29) is 18.2 Å². The number of para-hydroxylation sites is 1. The Kier molecular flexibility index (Phi) is 5.92. The molecule has 1 heterocycles. The lowest BCUT2D eigenvalue weighted by molar-refractivity contribution is -0.122. The molecule has 2 N–H and O–H groups in total. The minimum Gasteiger partial charge on any atom is -0.326 e. The summed E-state index contributed by atoms with van der Waals surface area (Å²) in [4.78, 5) is 23.9. The lowest BCUT2D eigenvalue weighted by Gasteiger charge is -2.06. The lowest BCUT2D eigenvalue weighted by atomic mass is 10.1. The fourth-order valence-corrected chi connectivity index (χ4v) is 2.65. The second-order valence-corrected chi connectivity index (χ2v) is 6.71. The van der Waals surface area contributed by atoms with Crippen molar-refractivity contribution in [3.63, 3.8) is 0 Å². The van der Waals surface area contributed by atoms with Crippen molar-refractivity contribution in [2.45, 2.75) is 32.4 Å². The number of anilines is 1. The van der Waals surface area contributed by atoms with E-state index in [2.05, 4.69) is 20.8 Å². The molecule has 23 heavy (non-hydrogen) atoms. The zero-order chi connectivity index (χ0) is 16.8. The van der Waals surface area contributed by atoms with Crippen LogP contribution in [0.2, 0.25) is 0 Å². The third-order valence-electron chi connectivity index (χ3n) is 3.34. The molecule has 0 radical (unpaired) electrons. The predicted molar refractivity (Wildman–Crippen MR) is 94.6 cm³/mol. The number of benzene rings is 1. The van der Waals surface area contributed by atoms with Gasteiger partial charge in [0.2, 0.25) is 11.8 Å². The van der Waals surface area contributed by atoms with Crippen LogP contribution in [-0.2, 0) is 9.59 Å². The van der Waals surface area contributed by atoms with Gasteiger partial charge in [-0.3, -0.25) is 9.59 Å². The van der Waals surface area contributed by atoms with Crippen LogP contribution >= 0.6 is 11.8 Å². The Balaban J connectivity index is 1.92. The highest BCUT2D eigenvalue weighted by Crippen LogP contribution is 2.23. The first-order valence-electron chi connectivity index (χ1n) is 7.40. The number of hydrogen-bond acceptors (Lipinski definition) is 5. The van der Waals surface area contributed by atoms with Gasteiger partial charge < -0.3 is 10.6 Å². The van der Waals surface area contributed by atoms with E-state index in [1.807, 2.05) is 39.0 Å². The van der Waals surface area contributed by atoms with Gasteiger partial charge in [0.1, 0.15) is 5.25 Å². The molecule has 1 aromatic carbocycles. The van der Waals surface area contributed by atoms with Crippen LogP contribution < -0.4 is 10.6 Å². The molecule has 1 atom stereocenters. The molecule has 1 fully saturated rings. The second-order valence-electron chi connectivity index (χ2n) is 5.52. The van der Waals surface area contributed by atoms with Crippen LogP contribution in [0, 0.1) is 5.92 Å². The van der Waals surface area contributed by atoms with Gasteiger partial charge in [-0.2, -0.15) is 5.10 Å². The van der Waals surface area contributed by atoms with Crippen LogP contribution in [0.1, 0.15) is 27.2 Å². The van der Waals surface area contributed by atoms with E-state index in [1.165, 1.54) is 11.8 Å². The number of thioether (sulfide) groups is 1. The van der Waals surface area contributed by atoms with Crippen LogP contribution in [0.4, 0.5) is 5.69 Å². The Hall–Kier alpha value is -2.15. The summed E-state index contributed by atoms with van der Waals surface area (Å²) in [5, 5.41) is 13.5. The fraction of sp³-hybridized carbons (Fsp3) is 0.375. The van der Waals surface area contributed by atoms with Crippen molar-refractivity contribution in [1.82, 2.24) is 5.32 Å². The van der Waals surface area contributed by atoms with Crippen molar-refractivity contribution in [2.75, 3.05) is 5.32 Å². The van der Waals surface area contributed by atoms with E-state index >= 15 is 0 Å². The van der Waals surface area contributed by atoms with Gasteiger partial charge in [-0.05, 0) is 25.0 Å². The van der Waals surface area contributed by atoms with Crippen molar-refractivity contribution in [3.8, 4) is 0 Å². The molecule has 6 nitrogen and oxygen atoms in total. The lowest BCUT2D eigenvalue weighted by Crippen LogP contribution is -2.28. The molecular formula is C16H20N4O2S. The van der Waals surface area contributed by atoms with Crippen molar-refractivity contribution in [3.05, 3.63) is 30.3 Å². The van der Waals surface area contributed by atoms with Crippen molar-refractivity contribution < 1.29 is 9.59 Å². The first-order valence-corrected chi connectivity index (χ1v) is 8.28. The van der Waals surface area contributed by atoms with E-state index in [0.717, 1.165) is 5.71 Å². The molecule has 0 saturated carbocycles. The number of nitrogens with one attached hydrogen (secondary N) is 2. The van der Waals surface area contributed by atoms with Gasteiger partial charge in [0.25, 0.3) is 0 Å². The normalized spacial score (nSPS) is 20.0. The minimum absolute atomic E-state index is 0.0945. The highest BCUT2D eigenvalue weighted by Gasteiger charge is 2.32. The Morgan fingerprint density at radius 1 is 1.35 bits per heavy atom. The number of carbonyl (C=O) groups is 2. The summed E-state index contributed by atoms with van der Waals surface area (Å²) in [5.41, 5.74) is 1.60. The summed E-state index contributed by atoms with van der Waals surface area (Å²) >= 11 is 1.23. The van der Waals surface area contributed by atoms with Gasteiger partial charge in [-0.25, -0.2) is 0 Å². The summed E-state index contributed by atoms with van der Waals surface area (Å²) in [5.74, 6) is -0.116. The van der Waals surface area contributed by atoms with Crippen LogP contribution in [0.5, 0.6) is 0 Å². The monoisotopic (exact) mass is 332 g/mol. The van der Waals surface area contributed by atoms with Gasteiger partial charge in [0.05, 0.1) is 0 Å². The maximum atomic E-state index is 12.0. The topological polar surface area (TPSA) is 82.9 Å². The Bertz CT molecular complexity index is 641. The second kappa shape index (κ2) is 7.92. The zero-order valence-electron chi connectivity index (χ0n) is 13.4. The summed E-state index contributed by atoms with van der Waals surface area (Å²) in [7, 11) is 0. The molecule has 1 aliphatic rings. The van der Waals surface area contributed by atoms with E-state index < -0.39 is 5.25 Å². The molecule has 0 aromatic heterocycles. The quantitative estimate of drug-likeness (QED) is 0.642. The molecule has 2 rings (SSSR count). The molecule has 0 aliphatic carbocycles. The summed E-state index contributed by atoms with van der Waals surface area (Å²) in [6, 6.07) is 9.16. The fourth-order valence-electron chi connectivity index (χ4n) is 1.73. The molecule has 7 heteroatoms. The highest BCUT2D eigenvalue weighted by molar-refractivity contribution is 8.15. The van der Waals surface area contributed by atoms with E-state index in [4.69, 9.17) is 0 Å². The van der Waals surface area contributed by atoms with Crippen molar-refractivity contribution in [1.29, 1.82) is 0 Å².